The van der Waals surface area contributed by atoms with Crippen LogP contribution in [0.3, 0.4) is 0 Å². The number of carbonyl (C=O) groups is 1. The number of hydrogen-bond donors (Lipinski definition) is 1. The number of ether oxygens (including phenoxy) is 1. The Labute approximate surface area is 118 Å². The molecule has 19 heavy (non-hydrogen) atoms. The van der Waals surface area contributed by atoms with Crippen molar-refractivity contribution in [1.82, 2.24) is 4.90 Å². The number of likely N-dealkylation sites (N-methyl/N-ethyl adjacent to an activating group) is 1. The second kappa shape index (κ2) is 6.26. The Morgan fingerprint density at radius 3 is 3.00 bits per heavy atom. The molecule has 0 amide bonds. The van der Waals surface area contributed by atoms with E-state index in [1.165, 1.54) is 13.5 Å². The lowest BCUT2D eigenvalue weighted by Gasteiger charge is -2.31. The molecule has 0 saturated carbocycles. The minimum atomic E-state index is -0.408. The van der Waals surface area contributed by atoms with Gasteiger partial charge in [0.25, 0.3) is 0 Å². The van der Waals surface area contributed by atoms with E-state index in [-0.39, 0.29) is 0 Å². The third kappa shape index (κ3) is 3.61. The molecule has 0 aromatic heterocycles. The molecule has 1 N–H and O–H groups in total. The average Bonchev–Trinajstić information content (AvgIpc) is 2.40. The number of piperidine rings is 1. The number of methoxy groups -OCH3 is 1. The van der Waals surface area contributed by atoms with Gasteiger partial charge >= 0.3 is 5.97 Å². The van der Waals surface area contributed by atoms with Crippen molar-refractivity contribution in [1.29, 1.82) is 0 Å². The van der Waals surface area contributed by atoms with Crippen molar-refractivity contribution < 1.29 is 9.53 Å². The van der Waals surface area contributed by atoms with Crippen LogP contribution in [0.4, 0.5) is 5.69 Å². The van der Waals surface area contributed by atoms with Gasteiger partial charge in [-0.1, -0.05) is 11.6 Å². The van der Waals surface area contributed by atoms with Crippen LogP contribution in [0.25, 0.3) is 0 Å². The summed E-state index contributed by atoms with van der Waals surface area (Å²) in [5, 5.41) is 3.86. The zero-order valence-corrected chi connectivity index (χ0v) is 12.0. The molecule has 1 aromatic carbocycles. The zero-order chi connectivity index (χ0) is 13.8. The second-order valence-electron chi connectivity index (χ2n) is 4.93. The zero-order valence-electron chi connectivity index (χ0n) is 11.3. The van der Waals surface area contributed by atoms with Crippen LogP contribution in [0.5, 0.6) is 0 Å². The van der Waals surface area contributed by atoms with Gasteiger partial charge in [0.05, 0.1) is 17.7 Å². The van der Waals surface area contributed by atoms with Crippen LogP contribution >= 0.6 is 11.6 Å². The van der Waals surface area contributed by atoms with Gasteiger partial charge in [-0.2, -0.15) is 0 Å². The van der Waals surface area contributed by atoms with E-state index in [1.54, 1.807) is 12.1 Å². The number of nitrogens with one attached hydrogen (secondary N) is 1. The first-order chi connectivity index (χ1) is 9.10. The molecule has 0 aliphatic carbocycles. The Morgan fingerprint density at radius 2 is 2.32 bits per heavy atom. The van der Waals surface area contributed by atoms with Gasteiger partial charge in [-0.05, 0) is 44.6 Å². The molecule has 1 atom stereocenters. The summed E-state index contributed by atoms with van der Waals surface area (Å²) in [6, 6.07) is 5.78. The first-order valence-electron chi connectivity index (χ1n) is 6.43. The van der Waals surface area contributed by atoms with Crippen LogP contribution < -0.4 is 5.32 Å². The maximum absolute atomic E-state index is 11.6. The molecule has 104 valence electrons. The van der Waals surface area contributed by atoms with Crippen LogP contribution in [0, 0.1) is 0 Å². The largest absolute Gasteiger partial charge is 0.465 e. The van der Waals surface area contributed by atoms with Crippen LogP contribution in [0.2, 0.25) is 5.02 Å². The number of likely N-dealkylation sites (tertiary alicyclic amines) is 1. The molecule has 1 heterocycles. The maximum Gasteiger partial charge on any atom is 0.339 e. The third-order valence-corrected chi connectivity index (χ3v) is 3.70. The SMILES string of the molecule is COC(=O)c1cc(NC2CCCN(C)C2)ccc1Cl. The fourth-order valence-electron chi connectivity index (χ4n) is 2.40. The molecular weight excluding hydrogens is 264 g/mol. The number of rotatable bonds is 3. The van der Waals surface area contributed by atoms with Crippen molar-refractivity contribution in [3.63, 3.8) is 0 Å². The van der Waals surface area contributed by atoms with Gasteiger partial charge in [-0.15, -0.1) is 0 Å². The molecule has 0 radical (unpaired) electrons. The Morgan fingerprint density at radius 1 is 1.53 bits per heavy atom. The standard InChI is InChI=1S/C14H19ClN2O2/c1-17-7-3-4-11(9-17)16-10-5-6-13(15)12(8-10)14(18)19-2/h5-6,8,11,16H,3-4,7,9H2,1-2H3. The molecule has 2 rings (SSSR count). The second-order valence-corrected chi connectivity index (χ2v) is 5.34. The lowest BCUT2D eigenvalue weighted by Crippen LogP contribution is -2.39. The highest BCUT2D eigenvalue weighted by Gasteiger charge is 2.18. The van der Waals surface area contributed by atoms with E-state index < -0.39 is 5.97 Å². The summed E-state index contributed by atoms with van der Waals surface area (Å²) in [6.45, 7) is 2.16. The van der Waals surface area contributed by atoms with E-state index in [0.717, 1.165) is 25.2 Å². The molecule has 1 saturated heterocycles. The monoisotopic (exact) mass is 282 g/mol. The fraction of sp³-hybridized carbons (Fsp3) is 0.500. The summed E-state index contributed by atoms with van der Waals surface area (Å²) >= 11 is 6.00. The molecular formula is C14H19ClN2O2. The van der Waals surface area contributed by atoms with Gasteiger partial charge < -0.3 is 15.0 Å². The minimum absolute atomic E-state index is 0.401. The number of nitrogens with zero attached hydrogens (tertiary/aromatic N) is 1. The smallest absolute Gasteiger partial charge is 0.339 e. The predicted octanol–water partition coefficient (Wildman–Crippen LogP) is 2.63. The Balaban J connectivity index is 2.10. The van der Waals surface area contributed by atoms with Gasteiger partial charge in [0, 0.05) is 18.3 Å². The van der Waals surface area contributed by atoms with E-state index in [4.69, 9.17) is 16.3 Å². The molecule has 1 aliphatic rings. The quantitative estimate of drug-likeness (QED) is 0.866. The predicted molar refractivity (Wildman–Crippen MR) is 76.9 cm³/mol. The van der Waals surface area contributed by atoms with Gasteiger partial charge in [-0.3, -0.25) is 0 Å². The van der Waals surface area contributed by atoms with E-state index in [2.05, 4.69) is 17.3 Å². The van der Waals surface area contributed by atoms with Crippen molar-refractivity contribution in [2.75, 3.05) is 32.6 Å². The number of esters is 1. The highest BCUT2D eigenvalue weighted by atomic mass is 35.5. The lowest BCUT2D eigenvalue weighted by molar-refractivity contribution is 0.0601. The number of halogens is 1. The van der Waals surface area contributed by atoms with Crippen LogP contribution in [0.1, 0.15) is 23.2 Å². The van der Waals surface area contributed by atoms with Gasteiger partial charge in [-0.25, -0.2) is 4.79 Å². The molecule has 0 bridgehead atoms. The lowest BCUT2D eigenvalue weighted by atomic mass is 10.1. The molecule has 1 fully saturated rings. The summed E-state index contributed by atoms with van der Waals surface area (Å²) < 4.78 is 4.72. The number of carbonyl (C=O) groups excluding carboxylic acids is 1. The van der Waals surface area contributed by atoms with Gasteiger partial charge in [0.1, 0.15) is 0 Å². The van der Waals surface area contributed by atoms with Crippen LogP contribution in [-0.4, -0.2) is 44.2 Å². The summed E-state index contributed by atoms with van der Waals surface area (Å²) in [6.07, 6.45) is 2.33. The minimum Gasteiger partial charge on any atom is -0.465 e. The maximum atomic E-state index is 11.6. The molecule has 1 aromatic rings. The third-order valence-electron chi connectivity index (χ3n) is 3.37. The first-order valence-corrected chi connectivity index (χ1v) is 6.81. The summed E-state index contributed by atoms with van der Waals surface area (Å²) in [4.78, 5) is 13.9. The highest BCUT2D eigenvalue weighted by molar-refractivity contribution is 6.33. The first kappa shape index (κ1) is 14.2. The van der Waals surface area contributed by atoms with Crippen LogP contribution in [0.15, 0.2) is 18.2 Å². The van der Waals surface area contributed by atoms with Gasteiger partial charge in [0.15, 0.2) is 0 Å². The van der Waals surface area contributed by atoms with Crippen molar-refractivity contribution in [2.24, 2.45) is 0 Å². The number of hydrogen-bond acceptors (Lipinski definition) is 4. The van der Waals surface area contributed by atoms with Crippen molar-refractivity contribution >= 4 is 23.3 Å². The molecule has 0 spiro atoms. The summed E-state index contributed by atoms with van der Waals surface area (Å²) in [5.74, 6) is -0.408. The van der Waals surface area contributed by atoms with E-state index in [1.807, 2.05) is 6.07 Å². The summed E-state index contributed by atoms with van der Waals surface area (Å²) in [7, 11) is 3.48. The summed E-state index contributed by atoms with van der Waals surface area (Å²) in [5.41, 5.74) is 1.31. The Bertz CT molecular complexity index is 465. The molecule has 1 unspecified atom stereocenters. The van der Waals surface area contributed by atoms with Crippen molar-refractivity contribution in [2.45, 2.75) is 18.9 Å². The van der Waals surface area contributed by atoms with E-state index in [0.29, 0.717) is 16.6 Å². The highest BCUT2D eigenvalue weighted by Crippen LogP contribution is 2.23. The van der Waals surface area contributed by atoms with E-state index in [9.17, 15) is 4.79 Å². The molecule has 4 nitrogen and oxygen atoms in total. The topological polar surface area (TPSA) is 41.6 Å². The Kier molecular flexibility index (Phi) is 4.66. The number of benzene rings is 1. The number of anilines is 1. The van der Waals surface area contributed by atoms with Crippen molar-refractivity contribution in [3.8, 4) is 0 Å². The fourth-order valence-corrected chi connectivity index (χ4v) is 2.60. The molecule has 1 aliphatic heterocycles. The van der Waals surface area contributed by atoms with Crippen molar-refractivity contribution in [3.05, 3.63) is 28.8 Å². The Hall–Kier alpha value is -1.26. The van der Waals surface area contributed by atoms with Gasteiger partial charge in [0.2, 0.25) is 0 Å². The molecule has 5 heteroatoms. The normalized spacial score (nSPS) is 20.1. The van der Waals surface area contributed by atoms with E-state index >= 15 is 0 Å². The average molecular weight is 283 g/mol. The van der Waals surface area contributed by atoms with Crippen LogP contribution in [-0.2, 0) is 4.74 Å².